The molecule has 1 aromatic carbocycles. The number of nitrogens with two attached hydrogens (primary N) is 1. The van der Waals surface area contributed by atoms with Crippen molar-refractivity contribution in [1.29, 1.82) is 0 Å². The van der Waals surface area contributed by atoms with Crippen LogP contribution in [0, 0.1) is 0 Å². The summed E-state index contributed by atoms with van der Waals surface area (Å²) in [6.07, 6.45) is 0.875. The molecule has 0 saturated carbocycles. The van der Waals surface area contributed by atoms with Crippen molar-refractivity contribution in [2.24, 2.45) is 5.73 Å². The first kappa shape index (κ1) is 11.2. The minimum absolute atomic E-state index is 0.0131. The largest absolute Gasteiger partial charge is 0.325 e. The summed E-state index contributed by atoms with van der Waals surface area (Å²) in [4.78, 5) is 11.1. The highest BCUT2D eigenvalue weighted by atomic mass is 79.9. The molecule has 0 bridgehead atoms. The fraction of sp³-hybridized carbons (Fsp3) is 0.300. The Balaban J connectivity index is 2.90. The molecule has 0 atom stereocenters. The highest BCUT2D eigenvalue weighted by molar-refractivity contribution is 9.10. The fourth-order valence-electron chi connectivity index (χ4n) is 1.18. The number of carbonyl (C=O) groups is 1. The van der Waals surface area contributed by atoms with Crippen LogP contribution in [0.25, 0.3) is 0 Å². The highest BCUT2D eigenvalue weighted by Crippen LogP contribution is 2.21. The van der Waals surface area contributed by atoms with Gasteiger partial charge in [0.25, 0.3) is 0 Å². The SMILES string of the molecule is CCc1cc(Br)ccc1NC(=O)CN. The average Bonchev–Trinajstić information content (AvgIpc) is 2.20. The van der Waals surface area contributed by atoms with Crippen LogP contribution in [0.3, 0.4) is 0 Å². The lowest BCUT2D eigenvalue weighted by molar-refractivity contribution is -0.114. The molecule has 0 aliphatic rings. The number of nitrogens with one attached hydrogen (secondary N) is 1. The summed E-state index contributed by atoms with van der Waals surface area (Å²) in [7, 11) is 0. The van der Waals surface area contributed by atoms with Crippen LogP contribution in [0.1, 0.15) is 12.5 Å². The van der Waals surface area contributed by atoms with Gasteiger partial charge in [-0.1, -0.05) is 22.9 Å². The Morgan fingerprint density at radius 2 is 2.29 bits per heavy atom. The molecule has 76 valence electrons. The van der Waals surface area contributed by atoms with Crippen LogP contribution < -0.4 is 11.1 Å². The lowest BCUT2D eigenvalue weighted by atomic mass is 10.1. The van der Waals surface area contributed by atoms with Crippen LogP contribution in [0.5, 0.6) is 0 Å². The molecule has 1 amide bonds. The molecule has 3 N–H and O–H groups in total. The fourth-order valence-corrected chi connectivity index (χ4v) is 1.59. The van der Waals surface area contributed by atoms with Crippen LogP contribution >= 0.6 is 15.9 Å². The molecule has 0 aliphatic heterocycles. The van der Waals surface area contributed by atoms with Gasteiger partial charge in [0.05, 0.1) is 6.54 Å². The van der Waals surface area contributed by atoms with E-state index in [0.29, 0.717) is 0 Å². The number of hydrogen-bond acceptors (Lipinski definition) is 2. The quantitative estimate of drug-likeness (QED) is 0.869. The summed E-state index contributed by atoms with van der Waals surface area (Å²) in [6.45, 7) is 2.05. The van der Waals surface area contributed by atoms with Gasteiger partial charge in [-0.2, -0.15) is 0 Å². The normalized spacial score (nSPS) is 9.93. The summed E-state index contributed by atoms with van der Waals surface area (Å²) in [5.41, 5.74) is 7.16. The van der Waals surface area contributed by atoms with E-state index in [2.05, 4.69) is 21.2 Å². The maximum atomic E-state index is 11.1. The Morgan fingerprint density at radius 1 is 1.57 bits per heavy atom. The van der Waals surface area contributed by atoms with E-state index in [1.54, 1.807) is 0 Å². The van der Waals surface area contributed by atoms with E-state index in [1.165, 1.54) is 0 Å². The van der Waals surface area contributed by atoms with Gasteiger partial charge in [0.2, 0.25) is 5.91 Å². The minimum atomic E-state index is -0.165. The molecule has 0 saturated heterocycles. The Bertz CT molecular complexity index is 339. The first-order chi connectivity index (χ1) is 6.67. The van der Waals surface area contributed by atoms with Gasteiger partial charge in [0, 0.05) is 10.2 Å². The molecule has 4 heteroatoms. The number of halogens is 1. The third kappa shape index (κ3) is 2.82. The van der Waals surface area contributed by atoms with E-state index in [1.807, 2.05) is 25.1 Å². The van der Waals surface area contributed by atoms with Crippen molar-refractivity contribution in [1.82, 2.24) is 0 Å². The van der Waals surface area contributed by atoms with Crippen LogP contribution in [0.4, 0.5) is 5.69 Å². The molecule has 0 aliphatic carbocycles. The number of carbonyl (C=O) groups excluding carboxylic acids is 1. The first-order valence-corrected chi connectivity index (χ1v) is 5.25. The van der Waals surface area contributed by atoms with Crippen molar-refractivity contribution in [2.75, 3.05) is 11.9 Å². The highest BCUT2D eigenvalue weighted by Gasteiger charge is 2.04. The molecule has 0 aromatic heterocycles. The van der Waals surface area contributed by atoms with E-state index >= 15 is 0 Å². The van der Waals surface area contributed by atoms with E-state index < -0.39 is 0 Å². The number of aryl methyl sites for hydroxylation is 1. The molecular weight excluding hydrogens is 244 g/mol. The van der Waals surface area contributed by atoms with Crippen molar-refractivity contribution < 1.29 is 4.79 Å². The number of amides is 1. The standard InChI is InChI=1S/C10H13BrN2O/c1-2-7-5-8(11)3-4-9(7)13-10(14)6-12/h3-5H,2,6,12H2,1H3,(H,13,14). The second-order valence-electron chi connectivity index (χ2n) is 2.91. The summed E-state index contributed by atoms with van der Waals surface area (Å²) >= 11 is 3.38. The minimum Gasteiger partial charge on any atom is -0.325 e. The van der Waals surface area contributed by atoms with E-state index in [0.717, 1.165) is 22.1 Å². The smallest absolute Gasteiger partial charge is 0.238 e. The monoisotopic (exact) mass is 256 g/mol. The second kappa shape index (κ2) is 5.12. The number of rotatable bonds is 3. The zero-order valence-electron chi connectivity index (χ0n) is 8.01. The molecule has 0 unspecified atom stereocenters. The molecule has 14 heavy (non-hydrogen) atoms. The van der Waals surface area contributed by atoms with Crippen molar-refractivity contribution in [3.05, 3.63) is 28.2 Å². The predicted molar refractivity (Wildman–Crippen MR) is 61.2 cm³/mol. The van der Waals surface area contributed by atoms with Crippen molar-refractivity contribution in [3.8, 4) is 0 Å². The topological polar surface area (TPSA) is 55.1 Å². The zero-order chi connectivity index (χ0) is 10.6. The van der Waals surface area contributed by atoms with Gasteiger partial charge in [0.15, 0.2) is 0 Å². The molecule has 3 nitrogen and oxygen atoms in total. The van der Waals surface area contributed by atoms with Gasteiger partial charge in [-0.25, -0.2) is 0 Å². The van der Waals surface area contributed by atoms with E-state index in [4.69, 9.17) is 5.73 Å². The summed E-state index contributed by atoms with van der Waals surface area (Å²) in [5, 5.41) is 2.75. The number of hydrogen-bond donors (Lipinski definition) is 2. The van der Waals surface area contributed by atoms with Crippen LogP contribution in [0.2, 0.25) is 0 Å². The molecule has 0 spiro atoms. The van der Waals surface area contributed by atoms with Crippen LogP contribution in [0.15, 0.2) is 22.7 Å². The van der Waals surface area contributed by atoms with Gasteiger partial charge < -0.3 is 11.1 Å². The summed E-state index contributed by atoms with van der Waals surface area (Å²) in [6, 6.07) is 5.76. The number of benzene rings is 1. The van der Waals surface area contributed by atoms with Crippen molar-refractivity contribution >= 4 is 27.5 Å². The summed E-state index contributed by atoms with van der Waals surface area (Å²) < 4.78 is 1.01. The average molecular weight is 257 g/mol. The van der Waals surface area contributed by atoms with Crippen LogP contribution in [-0.2, 0) is 11.2 Å². The maximum absolute atomic E-state index is 11.1. The molecular formula is C10H13BrN2O. The Kier molecular flexibility index (Phi) is 4.10. The second-order valence-corrected chi connectivity index (χ2v) is 3.82. The summed E-state index contributed by atoms with van der Waals surface area (Å²) in [5.74, 6) is -0.165. The van der Waals surface area contributed by atoms with E-state index in [9.17, 15) is 4.79 Å². The zero-order valence-corrected chi connectivity index (χ0v) is 9.60. The first-order valence-electron chi connectivity index (χ1n) is 4.45. The van der Waals surface area contributed by atoms with Crippen molar-refractivity contribution in [3.63, 3.8) is 0 Å². The van der Waals surface area contributed by atoms with E-state index in [-0.39, 0.29) is 12.5 Å². The number of anilines is 1. The van der Waals surface area contributed by atoms with Gasteiger partial charge >= 0.3 is 0 Å². The Morgan fingerprint density at radius 3 is 2.86 bits per heavy atom. The third-order valence-corrected chi connectivity index (χ3v) is 2.40. The lowest BCUT2D eigenvalue weighted by Gasteiger charge is -2.09. The third-order valence-electron chi connectivity index (χ3n) is 1.91. The van der Waals surface area contributed by atoms with Gasteiger partial charge in [0.1, 0.15) is 0 Å². The maximum Gasteiger partial charge on any atom is 0.238 e. The molecule has 1 aromatic rings. The molecule has 0 fully saturated rings. The Hall–Kier alpha value is -0.870. The van der Waals surface area contributed by atoms with Crippen LogP contribution in [-0.4, -0.2) is 12.5 Å². The Labute approximate surface area is 91.8 Å². The lowest BCUT2D eigenvalue weighted by Crippen LogP contribution is -2.22. The molecule has 1 rings (SSSR count). The van der Waals surface area contributed by atoms with Gasteiger partial charge in [-0.05, 0) is 30.2 Å². The predicted octanol–water partition coefficient (Wildman–Crippen LogP) is 1.91. The molecule has 0 heterocycles. The van der Waals surface area contributed by atoms with Gasteiger partial charge in [-0.15, -0.1) is 0 Å². The van der Waals surface area contributed by atoms with Crippen molar-refractivity contribution in [2.45, 2.75) is 13.3 Å². The van der Waals surface area contributed by atoms with Gasteiger partial charge in [-0.3, -0.25) is 4.79 Å². The molecule has 0 radical (unpaired) electrons.